The smallest absolute Gasteiger partial charge is 0.165 e. The molecule has 0 radical (unpaired) electrons. The molecule has 0 atom stereocenters. The topological polar surface area (TPSA) is 67.2 Å². The maximum atomic E-state index is 15.0. The van der Waals surface area contributed by atoms with E-state index in [1.54, 1.807) is 30.3 Å². The molecule has 0 unspecified atom stereocenters. The Labute approximate surface area is 200 Å². The van der Waals surface area contributed by atoms with E-state index in [2.05, 4.69) is 20.6 Å². The van der Waals surface area contributed by atoms with Crippen LogP contribution in [0.5, 0.6) is 11.5 Å². The number of halogens is 3. The minimum Gasteiger partial charge on any atom is -0.486 e. The zero-order chi connectivity index (χ0) is 24.2. The van der Waals surface area contributed by atoms with Crippen LogP contribution in [0.25, 0.3) is 0 Å². The number of nitrogens with zero attached hydrogens (tertiary/aromatic N) is 2. The molecule has 0 saturated carbocycles. The summed E-state index contributed by atoms with van der Waals surface area (Å²) in [6.07, 6.45) is 0. The van der Waals surface area contributed by atoms with Gasteiger partial charge in [-0.25, -0.2) is 13.2 Å². The molecule has 180 valence electrons. The predicted molar refractivity (Wildman–Crippen MR) is 127 cm³/mol. The van der Waals surface area contributed by atoms with Crippen molar-refractivity contribution in [3.63, 3.8) is 0 Å². The van der Waals surface area contributed by atoms with Crippen LogP contribution in [0.15, 0.2) is 64.6 Å². The van der Waals surface area contributed by atoms with E-state index in [-0.39, 0.29) is 35.8 Å². The second kappa shape index (κ2) is 10.1. The highest BCUT2D eigenvalue weighted by Gasteiger charge is 2.15. The van der Waals surface area contributed by atoms with Gasteiger partial charge in [-0.1, -0.05) is 18.2 Å². The Morgan fingerprint density at radius 2 is 1.17 bits per heavy atom. The lowest BCUT2D eigenvalue weighted by atomic mass is 10.1. The SMILES string of the molecule is Fc1cc(C2=NCCN2)ccc1OCc1cccc(COc2ccc(C3=NCCN3)cc2F)c1F. The third kappa shape index (κ3) is 5.08. The molecule has 5 rings (SSSR count). The van der Waals surface area contributed by atoms with Crippen molar-refractivity contribution in [2.75, 3.05) is 26.2 Å². The van der Waals surface area contributed by atoms with Gasteiger partial charge in [0.05, 0.1) is 13.1 Å². The van der Waals surface area contributed by atoms with Crippen LogP contribution < -0.4 is 20.1 Å². The molecule has 2 N–H and O–H groups in total. The number of hydrogen-bond donors (Lipinski definition) is 2. The van der Waals surface area contributed by atoms with Crippen molar-refractivity contribution in [2.24, 2.45) is 9.98 Å². The van der Waals surface area contributed by atoms with Crippen LogP contribution in [0.2, 0.25) is 0 Å². The first-order chi connectivity index (χ1) is 17.1. The Bertz CT molecular complexity index is 1210. The van der Waals surface area contributed by atoms with Gasteiger partial charge in [-0.2, -0.15) is 0 Å². The molecule has 2 heterocycles. The Morgan fingerprint density at radius 1 is 0.686 bits per heavy atom. The molecule has 9 heteroatoms. The molecule has 2 aliphatic rings. The highest BCUT2D eigenvalue weighted by molar-refractivity contribution is 6.00. The number of hydrogen-bond acceptors (Lipinski definition) is 6. The van der Waals surface area contributed by atoms with E-state index >= 15 is 4.39 Å². The van der Waals surface area contributed by atoms with Crippen molar-refractivity contribution >= 4 is 11.7 Å². The fourth-order valence-electron chi connectivity index (χ4n) is 3.88. The van der Waals surface area contributed by atoms with Gasteiger partial charge in [0.1, 0.15) is 30.7 Å². The van der Waals surface area contributed by atoms with Crippen LogP contribution in [0.1, 0.15) is 22.3 Å². The first-order valence-electron chi connectivity index (χ1n) is 11.3. The van der Waals surface area contributed by atoms with Gasteiger partial charge < -0.3 is 20.1 Å². The van der Waals surface area contributed by atoms with E-state index < -0.39 is 17.5 Å². The van der Waals surface area contributed by atoms with E-state index in [1.807, 2.05) is 0 Å². The minimum absolute atomic E-state index is 0.0110. The van der Waals surface area contributed by atoms with E-state index in [0.29, 0.717) is 35.9 Å². The average molecular weight is 480 g/mol. The molecular weight excluding hydrogens is 457 g/mol. The number of nitrogens with one attached hydrogen (secondary N) is 2. The molecular formula is C26H23F3N4O2. The summed E-state index contributed by atoms with van der Waals surface area (Å²) in [5.74, 6) is -0.356. The Kier molecular flexibility index (Phi) is 6.56. The number of ether oxygens (including phenoxy) is 2. The van der Waals surface area contributed by atoms with Gasteiger partial charge in [-0.15, -0.1) is 0 Å². The maximum Gasteiger partial charge on any atom is 0.165 e. The zero-order valence-electron chi connectivity index (χ0n) is 18.8. The first kappa shape index (κ1) is 22.8. The molecule has 0 aliphatic carbocycles. The number of aliphatic imine (C=N–C) groups is 2. The van der Waals surface area contributed by atoms with Crippen molar-refractivity contribution in [1.82, 2.24) is 10.6 Å². The molecule has 2 aliphatic heterocycles. The monoisotopic (exact) mass is 480 g/mol. The standard InChI is InChI=1S/C26H23F3N4O2/c27-20-12-16(25-30-8-9-31-25)4-6-22(20)34-14-18-2-1-3-19(24(18)29)15-35-23-7-5-17(13-21(23)28)26-32-10-11-33-26/h1-7,12-13H,8-11,14-15H2,(H,30,31)(H,32,33). The summed E-state index contributed by atoms with van der Waals surface area (Å²) >= 11 is 0. The van der Waals surface area contributed by atoms with E-state index in [1.165, 1.54) is 24.3 Å². The molecule has 0 bridgehead atoms. The van der Waals surface area contributed by atoms with Crippen molar-refractivity contribution in [3.05, 3.63) is 94.3 Å². The predicted octanol–water partition coefficient (Wildman–Crippen LogP) is 3.96. The summed E-state index contributed by atoms with van der Waals surface area (Å²) in [5, 5.41) is 6.17. The lowest BCUT2D eigenvalue weighted by Crippen LogP contribution is -2.19. The Balaban J connectivity index is 1.23. The Morgan fingerprint density at radius 3 is 1.57 bits per heavy atom. The van der Waals surface area contributed by atoms with Crippen molar-refractivity contribution in [3.8, 4) is 11.5 Å². The van der Waals surface area contributed by atoms with Crippen molar-refractivity contribution < 1.29 is 22.6 Å². The van der Waals surface area contributed by atoms with Crippen molar-refractivity contribution in [1.29, 1.82) is 0 Å². The quantitative estimate of drug-likeness (QED) is 0.512. The van der Waals surface area contributed by atoms with Gasteiger partial charge in [-0.05, 0) is 36.4 Å². The second-order valence-electron chi connectivity index (χ2n) is 8.07. The normalized spacial score (nSPS) is 14.7. The molecule has 0 spiro atoms. The lowest BCUT2D eigenvalue weighted by Gasteiger charge is -2.13. The van der Waals surface area contributed by atoms with E-state index in [0.717, 1.165) is 13.1 Å². The fourth-order valence-corrected chi connectivity index (χ4v) is 3.88. The van der Waals surface area contributed by atoms with Gasteiger partial charge in [0, 0.05) is 35.3 Å². The van der Waals surface area contributed by atoms with Gasteiger partial charge in [-0.3, -0.25) is 9.98 Å². The summed E-state index contributed by atoms with van der Waals surface area (Å²) in [5.41, 5.74) is 1.73. The summed E-state index contributed by atoms with van der Waals surface area (Å²) in [7, 11) is 0. The maximum absolute atomic E-state index is 15.0. The van der Waals surface area contributed by atoms with E-state index in [4.69, 9.17) is 9.47 Å². The van der Waals surface area contributed by atoms with Gasteiger partial charge in [0.2, 0.25) is 0 Å². The first-order valence-corrected chi connectivity index (χ1v) is 11.3. The fraction of sp³-hybridized carbons (Fsp3) is 0.231. The number of rotatable bonds is 8. The summed E-state index contributed by atoms with van der Waals surface area (Å²) in [4.78, 5) is 8.53. The van der Waals surface area contributed by atoms with Crippen LogP contribution in [0.3, 0.4) is 0 Å². The van der Waals surface area contributed by atoms with Gasteiger partial charge >= 0.3 is 0 Å². The molecule has 35 heavy (non-hydrogen) atoms. The number of benzene rings is 3. The highest BCUT2D eigenvalue weighted by atomic mass is 19.1. The Hall–Kier alpha value is -4.01. The lowest BCUT2D eigenvalue weighted by molar-refractivity contribution is 0.274. The largest absolute Gasteiger partial charge is 0.486 e. The minimum atomic E-state index is -0.559. The molecule has 0 fully saturated rings. The molecule has 0 amide bonds. The molecule has 6 nitrogen and oxygen atoms in total. The van der Waals surface area contributed by atoms with Crippen molar-refractivity contribution in [2.45, 2.75) is 13.2 Å². The third-order valence-corrected chi connectivity index (χ3v) is 5.68. The van der Waals surface area contributed by atoms with Gasteiger partial charge in [0.15, 0.2) is 23.1 Å². The zero-order valence-corrected chi connectivity index (χ0v) is 18.8. The van der Waals surface area contributed by atoms with E-state index in [9.17, 15) is 8.78 Å². The van der Waals surface area contributed by atoms with Crippen LogP contribution in [0, 0.1) is 17.5 Å². The van der Waals surface area contributed by atoms with Crippen LogP contribution in [-0.2, 0) is 13.2 Å². The van der Waals surface area contributed by atoms with Gasteiger partial charge in [0.25, 0.3) is 0 Å². The molecule has 3 aromatic carbocycles. The highest BCUT2D eigenvalue weighted by Crippen LogP contribution is 2.24. The third-order valence-electron chi connectivity index (χ3n) is 5.68. The number of amidine groups is 2. The summed E-state index contributed by atoms with van der Waals surface area (Å²) in [6.45, 7) is 2.40. The van der Waals surface area contributed by atoms with Crippen LogP contribution >= 0.6 is 0 Å². The average Bonchev–Trinajstić information content (AvgIpc) is 3.59. The summed E-state index contributed by atoms with van der Waals surface area (Å²) in [6, 6.07) is 13.8. The van der Waals surface area contributed by atoms with Crippen LogP contribution in [-0.4, -0.2) is 37.9 Å². The second-order valence-corrected chi connectivity index (χ2v) is 8.07. The molecule has 0 aromatic heterocycles. The van der Waals surface area contributed by atoms with Crippen LogP contribution in [0.4, 0.5) is 13.2 Å². The molecule has 0 saturated heterocycles. The molecule has 3 aromatic rings. The summed E-state index contributed by atoms with van der Waals surface area (Å²) < 4.78 is 55.1.